The lowest BCUT2D eigenvalue weighted by molar-refractivity contribution is -0.161. The fourth-order valence-electron chi connectivity index (χ4n) is 3.45. The number of aliphatic hydroxyl groups excluding tert-OH is 2. The number of aliphatic hydroxyl groups is 2. The Kier molecular flexibility index (Phi) is 25.3. The lowest BCUT2D eigenvalue weighted by atomic mass is 10.1. The zero-order valence-corrected chi connectivity index (χ0v) is 23.3. The lowest BCUT2D eigenvalue weighted by Gasteiger charge is -2.15. The van der Waals surface area contributed by atoms with Crippen molar-refractivity contribution in [1.82, 2.24) is 0 Å². The molecule has 0 aromatic rings. The number of esters is 2. The summed E-state index contributed by atoms with van der Waals surface area (Å²) in [6, 6.07) is 0. The van der Waals surface area contributed by atoms with Crippen molar-refractivity contribution in [3.8, 4) is 0 Å². The Balaban J connectivity index is 3.85. The van der Waals surface area contributed by atoms with E-state index in [1.165, 1.54) is 25.7 Å². The van der Waals surface area contributed by atoms with Gasteiger partial charge in [-0.3, -0.25) is 9.59 Å². The van der Waals surface area contributed by atoms with Crippen LogP contribution >= 0.6 is 0 Å². The smallest absolute Gasteiger partial charge is 0.306 e. The predicted molar refractivity (Wildman–Crippen MR) is 151 cm³/mol. The van der Waals surface area contributed by atoms with Gasteiger partial charge in [0.2, 0.25) is 0 Å². The van der Waals surface area contributed by atoms with Crippen molar-refractivity contribution in [2.24, 2.45) is 0 Å². The molecule has 0 heterocycles. The summed E-state index contributed by atoms with van der Waals surface area (Å²) >= 11 is 0. The maximum absolute atomic E-state index is 12.0. The van der Waals surface area contributed by atoms with Crippen LogP contribution in [-0.2, 0) is 19.1 Å². The van der Waals surface area contributed by atoms with Crippen molar-refractivity contribution in [2.75, 3.05) is 13.2 Å². The zero-order chi connectivity index (χ0) is 27.4. The van der Waals surface area contributed by atoms with E-state index in [-0.39, 0.29) is 25.6 Å². The van der Waals surface area contributed by atoms with Crippen LogP contribution in [0, 0.1) is 0 Å². The summed E-state index contributed by atoms with van der Waals surface area (Å²) in [7, 11) is 0. The Labute approximate surface area is 225 Å². The summed E-state index contributed by atoms with van der Waals surface area (Å²) in [5, 5.41) is 19.3. The summed E-state index contributed by atoms with van der Waals surface area (Å²) in [5.41, 5.74) is 0. The Morgan fingerprint density at radius 2 is 1.43 bits per heavy atom. The monoisotopic (exact) mass is 520 g/mol. The topological polar surface area (TPSA) is 93.1 Å². The van der Waals surface area contributed by atoms with E-state index in [0.717, 1.165) is 44.9 Å². The predicted octanol–water partition coefficient (Wildman–Crippen LogP) is 6.91. The van der Waals surface area contributed by atoms with Crippen LogP contribution in [-0.4, -0.2) is 47.6 Å². The van der Waals surface area contributed by atoms with Gasteiger partial charge < -0.3 is 19.7 Å². The Morgan fingerprint density at radius 3 is 2.19 bits per heavy atom. The first-order valence-corrected chi connectivity index (χ1v) is 14.3. The van der Waals surface area contributed by atoms with Crippen LogP contribution in [0.25, 0.3) is 0 Å². The second-order valence-electron chi connectivity index (χ2n) is 9.32. The molecule has 0 spiro atoms. The summed E-state index contributed by atoms with van der Waals surface area (Å²) in [4.78, 5) is 23.7. The third kappa shape index (κ3) is 25.3. The van der Waals surface area contributed by atoms with Crippen molar-refractivity contribution in [3.05, 3.63) is 48.6 Å². The van der Waals surface area contributed by atoms with Crippen LogP contribution in [0.3, 0.4) is 0 Å². The van der Waals surface area contributed by atoms with Crippen LogP contribution in [0.15, 0.2) is 48.6 Å². The molecule has 6 nitrogen and oxygen atoms in total. The van der Waals surface area contributed by atoms with Gasteiger partial charge in [0.1, 0.15) is 6.61 Å². The molecule has 0 saturated carbocycles. The molecule has 0 saturated heterocycles. The standard InChI is InChI=1S/C31H52O6/c1-3-5-7-9-11-15-18-22-28(33)23-19-16-12-10-13-17-21-25-31(35)37-29(26-32)27-36-30(34)24-20-14-8-6-4-2/h10-11,13,15-16,18-19,22,28-29,32-33H,3-9,12,14,17,20-21,23-27H2,1-2H3/b13-10+,15-11-,19-16-,22-18-/t28-,29-/m0/s1. The molecule has 0 amide bonds. The van der Waals surface area contributed by atoms with E-state index in [2.05, 4.69) is 19.9 Å². The van der Waals surface area contributed by atoms with Gasteiger partial charge in [-0.05, 0) is 44.9 Å². The number of carbonyl (C=O) groups excluding carboxylic acids is 2. The second kappa shape index (κ2) is 26.9. The molecule has 0 bridgehead atoms. The van der Waals surface area contributed by atoms with Crippen LogP contribution in [0.2, 0.25) is 0 Å². The first kappa shape index (κ1) is 34.8. The largest absolute Gasteiger partial charge is 0.462 e. The van der Waals surface area contributed by atoms with Gasteiger partial charge in [-0.2, -0.15) is 0 Å². The van der Waals surface area contributed by atoms with Crippen LogP contribution in [0.1, 0.15) is 110 Å². The molecule has 0 aliphatic carbocycles. The van der Waals surface area contributed by atoms with Crippen molar-refractivity contribution < 1.29 is 29.3 Å². The number of allylic oxidation sites excluding steroid dienone is 6. The minimum absolute atomic E-state index is 0.109. The second-order valence-corrected chi connectivity index (χ2v) is 9.32. The molecule has 0 rings (SSSR count). The quantitative estimate of drug-likeness (QED) is 0.0622. The lowest BCUT2D eigenvalue weighted by Crippen LogP contribution is -2.28. The first-order valence-electron chi connectivity index (χ1n) is 14.3. The summed E-state index contributed by atoms with van der Waals surface area (Å²) in [6.45, 7) is 3.85. The highest BCUT2D eigenvalue weighted by Gasteiger charge is 2.15. The highest BCUT2D eigenvalue weighted by Crippen LogP contribution is 2.07. The van der Waals surface area contributed by atoms with Crippen LogP contribution in [0.5, 0.6) is 0 Å². The third-order valence-electron chi connectivity index (χ3n) is 5.71. The van der Waals surface area contributed by atoms with E-state index < -0.39 is 18.2 Å². The Bertz CT molecular complexity index is 665. The van der Waals surface area contributed by atoms with Crippen LogP contribution in [0.4, 0.5) is 0 Å². The van der Waals surface area contributed by atoms with Gasteiger partial charge in [-0.1, -0.05) is 101 Å². The number of rotatable bonds is 24. The summed E-state index contributed by atoms with van der Waals surface area (Å²) in [5.74, 6) is -0.720. The zero-order valence-electron chi connectivity index (χ0n) is 23.3. The van der Waals surface area contributed by atoms with E-state index in [1.54, 1.807) is 6.08 Å². The van der Waals surface area contributed by atoms with E-state index in [0.29, 0.717) is 19.3 Å². The molecular weight excluding hydrogens is 468 g/mol. The molecular formula is C31H52O6. The number of hydrogen-bond acceptors (Lipinski definition) is 6. The van der Waals surface area contributed by atoms with Gasteiger partial charge in [0.15, 0.2) is 6.10 Å². The van der Waals surface area contributed by atoms with E-state index in [9.17, 15) is 19.8 Å². The highest BCUT2D eigenvalue weighted by atomic mass is 16.6. The molecule has 0 unspecified atom stereocenters. The van der Waals surface area contributed by atoms with Gasteiger partial charge >= 0.3 is 11.9 Å². The molecule has 6 heteroatoms. The number of hydrogen-bond donors (Lipinski definition) is 2. The van der Waals surface area contributed by atoms with E-state index in [1.807, 2.05) is 36.5 Å². The average Bonchev–Trinajstić information content (AvgIpc) is 2.89. The number of carbonyl (C=O) groups is 2. The van der Waals surface area contributed by atoms with Crippen molar-refractivity contribution in [1.29, 1.82) is 0 Å². The first-order chi connectivity index (χ1) is 18.0. The van der Waals surface area contributed by atoms with Crippen LogP contribution < -0.4 is 0 Å². The summed E-state index contributed by atoms with van der Waals surface area (Å²) < 4.78 is 10.3. The molecule has 212 valence electrons. The van der Waals surface area contributed by atoms with Crippen molar-refractivity contribution in [3.63, 3.8) is 0 Å². The highest BCUT2D eigenvalue weighted by molar-refractivity contribution is 5.70. The van der Waals surface area contributed by atoms with Crippen molar-refractivity contribution in [2.45, 2.75) is 122 Å². The van der Waals surface area contributed by atoms with Crippen molar-refractivity contribution >= 4 is 11.9 Å². The molecule has 0 radical (unpaired) electrons. The molecule has 2 atom stereocenters. The Hall–Kier alpha value is -2.18. The minimum Gasteiger partial charge on any atom is -0.462 e. The van der Waals surface area contributed by atoms with Gasteiger partial charge in [0.05, 0.1) is 12.7 Å². The number of unbranched alkanes of at least 4 members (excludes halogenated alkanes) is 8. The maximum atomic E-state index is 12.0. The molecule has 0 aliphatic heterocycles. The molecule has 0 aliphatic rings. The average molecular weight is 521 g/mol. The normalized spacial score (nSPS) is 13.7. The molecule has 37 heavy (non-hydrogen) atoms. The minimum atomic E-state index is -0.816. The molecule has 0 fully saturated rings. The summed E-state index contributed by atoms with van der Waals surface area (Å²) in [6.07, 6.45) is 27.9. The maximum Gasteiger partial charge on any atom is 0.306 e. The molecule has 2 N–H and O–H groups in total. The Morgan fingerprint density at radius 1 is 0.757 bits per heavy atom. The fourth-order valence-corrected chi connectivity index (χ4v) is 3.45. The van der Waals surface area contributed by atoms with Gasteiger partial charge in [-0.15, -0.1) is 0 Å². The van der Waals surface area contributed by atoms with Gasteiger partial charge in [0.25, 0.3) is 0 Å². The molecule has 0 aromatic heterocycles. The van der Waals surface area contributed by atoms with E-state index >= 15 is 0 Å². The van der Waals surface area contributed by atoms with Gasteiger partial charge in [-0.25, -0.2) is 0 Å². The van der Waals surface area contributed by atoms with E-state index in [4.69, 9.17) is 9.47 Å². The fraction of sp³-hybridized carbons (Fsp3) is 0.677. The number of ether oxygens (including phenoxy) is 2. The SMILES string of the molecule is CCCCC/C=C\C=C/[C@H](O)C/C=C\C/C=C/CCCC(=O)O[C@@H](CO)COC(=O)CCCCCCC. The van der Waals surface area contributed by atoms with Gasteiger partial charge in [0, 0.05) is 12.8 Å². The third-order valence-corrected chi connectivity index (χ3v) is 5.71. The molecule has 0 aromatic carbocycles.